The van der Waals surface area contributed by atoms with E-state index in [0.717, 1.165) is 25.7 Å². The Morgan fingerprint density at radius 1 is 1.09 bits per heavy atom. The van der Waals surface area contributed by atoms with E-state index in [1.807, 2.05) is 13.8 Å². The minimum Gasteiger partial charge on any atom is -0.453 e. The van der Waals surface area contributed by atoms with Gasteiger partial charge in [-0.2, -0.15) is 0 Å². The summed E-state index contributed by atoms with van der Waals surface area (Å²) in [5.74, 6) is -1.05. The van der Waals surface area contributed by atoms with E-state index in [0.29, 0.717) is 6.42 Å². The molecule has 130 valence electrons. The average molecular weight is 316 g/mol. The summed E-state index contributed by atoms with van der Waals surface area (Å²) in [4.78, 5) is 24.1. The minimum absolute atomic E-state index is 0.0935. The molecule has 0 fully saturated rings. The van der Waals surface area contributed by atoms with Crippen LogP contribution in [0.15, 0.2) is 0 Å². The summed E-state index contributed by atoms with van der Waals surface area (Å²) in [7, 11) is 0. The molecular weight excluding hydrogens is 284 g/mol. The largest absolute Gasteiger partial charge is 0.453 e. The maximum Gasteiger partial charge on any atom is 0.335 e. The van der Waals surface area contributed by atoms with E-state index in [1.54, 1.807) is 0 Å². The van der Waals surface area contributed by atoms with E-state index >= 15 is 0 Å². The molecule has 0 spiro atoms. The lowest BCUT2D eigenvalue weighted by Crippen LogP contribution is -2.42. The van der Waals surface area contributed by atoms with Gasteiger partial charge in [-0.25, -0.2) is 4.79 Å². The molecule has 0 aromatic rings. The third kappa shape index (κ3) is 8.49. The van der Waals surface area contributed by atoms with Crippen molar-refractivity contribution in [3.8, 4) is 0 Å². The van der Waals surface area contributed by atoms with E-state index in [2.05, 4.69) is 6.92 Å². The van der Waals surface area contributed by atoms with Gasteiger partial charge in [0, 0.05) is 0 Å². The normalized spacial score (nSPS) is 14.7. The van der Waals surface area contributed by atoms with Crippen LogP contribution in [0.5, 0.6) is 0 Å². The standard InChI is InChI=1S/C17H32O5/c1-7-8-9-10-11-14(21-12(2)3)16(19)22-13(4)15(18)17(5,6)20/h12-14,20H,7-11H2,1-6H3. The molecule has 0 bridgehead atoms. The number of aliphatic hydroxyl groups is 1. The van der Waals surface area contributed by atoms with Crippen LogP contribution in [0, 0.1) is 0 Å². The van der Waals surface area contributed by atoms with Crippen LogP contribution in [0.25, 0.3) is 0 Å². The lowest BCUT2D eigenvalue weighted by atomic mass is 10.00. The van der Waals surface area contributed by atoms with Gasteiger partial charge in [-0.1, -0.05) is 32.6 Å². The highest BCUT2D eigenvalue weighted by atomic mass is 16.6. The Balaban J connectivity index is 4.58. The number of carbonyl (C=O) groups excluding carboxylic acids is 2. The molecule has 0 aliphatic heterocycles. The quantitative estimate of drug-likeness (QED) is 0.468. The fourth-order valence-electron chi connectivity index (χ4n) is 2.13. The summed E-state index contributed by atoms with van der Waals surface area (Å²) in [5.41, 5.74) is -1.52. The zero-order valence-corrected chi connectivity index (χ0v) is 14.8. The van der Waals surface area contributed by atoms with Crippen molar-refractivity contribution in [2.45, 2.75) is 97.6 Å². The molecule has 5 heteroatoms. The van der Waals surface area contributed by atoms with Crippen molar-refractivity contribution < 1.29 is 24.2 Å². The Morgan fingerprint density at radius 2 is 1.68 bits per heavy atom. The van der Waals surface area contributed by atoms with Crippen molar-refractivity contribution in [1.29, 1.82) is 0 Å². The van der Waals surface area contributed by atoms with Gasteiger partial charge in [-0.05, 0) is 41.0 Å². The summed E-state index contributed by atoms with van der Waals surface area (Å²) in [5, 5.41) is 9.68. The summed E-state index contributed by atoms with van der Waals surface area (Å²) in [6.45, 7) is 10.1. The predicted octanol–water partition coefficient (Wildman–Crippen LogP) is 3.02. The minimum atomic E-state index is -1.52. The first-order valence-electron chi connectivity index (χ1n) is 8.22. The number of hydrogen-bond acceptors (Lipinski definition) is 5. The van der Waals surface area contributed by atoms with Crippen LogP contribution in [-0.2, 0) is 19.1 Å². The molecule has 0 rings (SSSR count). The van der Waals surface area contributed by atoms with Gasteiger partial charge in [-0.3, -0.25) is 4.79 Å². The van der Waals surface area contributed by atoms with Gasteiger partial charge in [-0.15, -0.1) is 0 Å². The molecular formula is C17H32O5. The molecule has 2 unspecified atom stereocenters. The molecule has 0 heterocycles. The van der Waals surface area contributed by atoms with Crippen molar-refractivity contribution in [3.05, 3.63) is 0 Å². The molecule has 0 aliphatic carbocycles. The molecule has 0 aromatic heterocycles. The van der Waals surface area contributed by atoms with Crippen molar-refractivity contribution in [1.82, 2.24) is 0 Å². The molecule has 0 saturated heterocycles. The Hall–Kier alpha value is -0.940. The monoisotopic (exact) mass is 316 g/mol. The number of unbranched alkanes of at least 4 members (excludes halogenated alkanes) is 3. The molecule has 22 heavy (non-hydrogen) atoms. The second-order valence-corrected chi connectivity index (χ2v) is 6.53. The average Bonchev–Trinajstić information content (AvgIpc) is 2.39. The number of rotatable bonds is 11. The molecule has 0 saturated carbocycles. The number of ether oxygens (including phenoxy) is 2. The van der Waals surface area contributed by atoms with E-state index in [-0.39, 0.29) is 6.10 Å². The Labute approximate surface area is 134 Å². The van der Waals surface area contributed by atoms with Crippen LogP contribution < -0.4 is 0 Å². The van der Waals surface area contributed by atoms with Crippen molar-refractivity contribution in [3.63, 3.8) is 0 Å². The maximum atomic E-state index is 12.2. The second kappa shape index (κ2) is 9.95. The first-order chi connectivity index (χ1) is 10.1. The van der Waals surface area contributed by atoms with Crippen LogP contribution in [-0.4, -0.2) is 40.8 Å². The lowest BCUT2D eigenvalue weighted by molar-refractivity contribution is -0.171. The third-order valence-corrected chi connectivity index (χ3v) is 3.28. The van der Waals surface area contributed by atoms with E-state index in [9.17, 15) is 14.7 Å². The first-order valence-corrected chi connectivity index (χ1v) is 8.22. The zero-order valence-electron chi connectivity index (χ0n) is 14.8. The fraction of sp³-hybridized carbons (Fsp3) is 0.882. The van der Waals surface area contributed by atoms with Gasteiger partial charge in [0.2, 0.25) is 5.78 Å². The number of hydrogen-bond donors (Lipinski definition) is 1. The third-order valence-electron chi connectivity index (χ3n) is 3.28. The molecule has 1 N–H and O–H groups in total. The number of Topliss-reactive ketones (excluding diaryl/α,β-unsaturated/α-hetero) is 1. The van der Waals surface area contributed by atoms with Crippen molar-refractivity contribution in [2.24, 2.45) is 0 Å². The van der Waals surface area contributed by atoms with Gasteiger partial charge in [0.05, 0.1) is 6.10 Å². The molecule has 0 amide bonds. The fourth-order valence-corrected chi connectivity index (χ4v) is 2.13. The Bertz CT molecular complexity index is 343. The highest BCUT2D eigenvalue weighted by Gasteiger charge is 2.33. The van der Waals surface area contributed by atoms with E-state index < -0.39 is 29.6 Å². The second-order valence-electron chi connectivity index (χ2n) is 6.53. The molecule has 0 aromatic carbocycles. The topological polar surface area (TPSA) is 72.8 Å². The lowest BCUT2D eigenvalue weighted by Gasteiger charge is -2.24. The highest BCUT2D eigenvalue weighted by molar-refractivity contribution is 5.91. The number of ketones is 1. The summed E-state index contributed by atoms with van der Waals surface area (Å²) >= 11 is 0. The van der Waals surface area contributed by atoms with Gasteiger partial charge in [0.15, 0.2) is 12.2 Å². The van der Waals surface area contributed by atoms with Crippen molar-refractivity contribution in [2.75, 3.05) is 0 Å². The van der Waals surface area contributed by atoms with Crippen LogP contribution in [0.1, 0.15) is 73.6 Å². The maximum absolute atomic E-state index is 12.2. The predicted molar refractivity (Wildman–Crippen MR) is 85.6 cm³/mol. The van der Waals surface area contributed by atoms with Crippen molar-refractivity contribution >= 4 is 11.8 Å². The summed E-state index contributed by atoms with van der Waals surface area (Å²) in [6.07, 6.45) is 3.02. The molecule has 5 nitrogen and oxygen atoms in total. The Kier molecular flexibility index (Phi) is 9.53. The Morgan fingerprint density at radius 3 is 2.14 bits per heavy atom. The van der Waals surface area contributed by atoms with Gasteiger partial charge in [0.1, 0.15) is 5.60 Å². The van der Waals surface area contributed by atoms with E-state index in [4.69, 9.17) is 9.47 Å². The van der Waals surface area contributed by atoms with Crippen LogP contribution in [0.4, 0.5) is 0 Å². The van der Waals surface area contributed by atoms with Gasteiger partial charge in [0.25, 0.3) is 0 Å². The first kappa shape index (κ1) is 21.1. The molecule has 2 atom stereocenters. The highest BCUT2D eigenvalue weighted by Crippen LogP contribution is 2.15. The van der Waals surface area contributed by atoms with Crippen LogP contribution >= 0.6 is 0 Å². The summed E-state index contributed by atoms with van der Waals surface area (Å²) in [6, 6.07) is 0. The smallest absolute Gasteiger partial charge is 0.335 e. The summed E-state index contributed by atoms with van der Waals surface area (Å²) < 4.78 is 10.8. The molecule has 0 aliphatic rings. The number of carbonyl (C=O) groups is 2. The van der Waals surface area contributed by atoms with Gasteiger partial charge < -0.3 is 14.6 Å². The zero-order chi connectivity index (χ0) is 17.3. The van der Waals surface area contributed by atoms with Crippen LogP contribution in [0.2, 0.25) is 0 Å². The SMILES string of the molecule is CCCCCCC(OC(C)C)C(=O)OC(C)C(=O)C(C)(C)O. The van der Waals surface area contributed by atoms with E-state index in [1.165, 1.54) is 20.8 Å². The number of esters is 1. The van der Waals surface area contributed by atoms with Gasteiger partial charge >= 0.3 is 5.97 Å². The molecule has 0 radical (unpaired) electrons. The van der Waals surface area contributed by atoms with Crippen LogP contribution in [0.3, 0.4) is 0 Å².